The monoisotopic (exact) mass is 409 g/mol. The Bertz CT molecular complexity index is 1190. The summed E-state index contributed by atoms with van der Waals surface area (Å²) in [5.41, 5.74) is 2.43. The Morgan fingerprint density at radius 2 is 1.65 bits per heavy atom. The van der Waals surface area contributed by atoms with Gasteiger partial charge in [0.2, 0.25) is 11.8 Å². The van der Waals surface area contributed by atoms with E-state index in [4.69, 9.17) is 0 Å². The van der Waals surface area contributed by atoms with Crippen LogP contribution in [0, 0.1) is 30.1 Å². The molecular weight excluding hydrogens is 390 g/mol. The molecule has 0 saturated carbocycles. The molecule has 31 heavy (non-hydrogen) atoms. The summed E-state index contributed by atoms with van der Waals surface area (Å²) in [6.45, 7) is 1.93. The van der Waals surface area contributed by atoms with Gasteiger partial charge in [-0.2, -0.15) is 5.26 Å². The fourth-order valence-corrected chi connectivity index (χ4v) is 4.84. The van der Waals surface area contributed by atoms with Crippen LogP contribution in [0.2, 0.25) is 0 Å². The summed E-state index contributed by atoms with van der Waals surface area (Å²) in [6.07, 6.45) is 4.99. The number of imide groups is 1. The van der Waals surface area contributed by atoms with Crippen LogP contribution < -0.4 is 4.90 Å². The van der Waals surface area contributed by atoms with Crippen LogP contribution >= 0.6 is 0 Å². The quantitative estimate of drug-likeness (QED) is 0.575. The van der Waals surface area contributed by atoms with Gasteiger partial charge < -0.3 is 4.90 Å². The molecule has 6 heteroatoms. The number of carbonyl (C=O) groups excluding carboxylic acids is 3. The Balaban J connectivity index is 1.61. The van der Waals surface area contributed by atoms with Gasteiger partial charge in [0.05, 0.1) is 35.2 Å². The SMILES string of the molecule is Cc1ccc(N2C(=O)[C@@H]3[C@@H](C2=O)[C@@H]2C=C(C#N)C=CN2[C@@H]3C(=O)c2ccccc2)cc1. The lowest BCUT2D eigenvalue weighted by Gasteiger charge is -2.32. The molecule has 2 aromatic carbocycles. The van der Waals surface area contributed by atoms with Crippen molar-refractivity contribution in [1.82, 2.24) is 4.90 Å². The van der Waals surface area contributed by atoms with Crippen molar-refractivity contribution in [3.05, 3.63) is 89.6 Å². The highest BCUT2D eigenvalue weighted by atomic mass is 16.2. The second kappa shape index (κ2) is 7.06. The fraction of sp³-hybridized carbons (Fsp3) is 0.200. The third-order valence-electron chi connectivity index (χ3n) is 6.30. The lowest BCUT2D eigenvalue weighted by atomic mass is 9.86. The summed E-state index contributed by atoms with van der Waals surface area (Å²) < 4.78 is 0. The Hall–Kier alpha value is -3.98. The van der Waals surface area contributed by atoms with Crippen molar-refractivity contribution in [2.24, 2.45) is 11.8 Å². The van der Waals surface area contributed by atoms with Crippen LogP contribution in [-0.2, 0) is 9.59 Å². The minimum atomic E-state index is -0.814. The largest absolute Gasteiger partial charge is 0.359 e. The molecule has 0 bridgehead atoms. The van der Waals surface area contributed by atoms with Crippen LogP contribution in [0.4, 0.5) is 5.69 Å². The summed E-state index contributed by atoms with van der Waals surface area (Å²) in [5.74, 6) is -2.45. The topological polar surface area (TPSA) is 81.5 Å². The molecule has 6 nitrogen and oxygen atoms in total. The smallest absolute Gasteiger partial charge is 0.240 e. The second-order valence-corrected chi connectivity index (χ2v) is 8.06. The van der Waals surface area contributed by atoms with Gasteiger partial charge in [-0.05, 0) is 31.2 Å². The molecule has 0 unspecified atom stereocenters. The van der Waals surface area contributed by atoms with E-state index in [1.54, 1.807) is 59.7 Å². The van der Waals surface area contributed by atoms with E-state index < -0.39 is 23.9 Å². The third-order valence-corrected chi connectivity index (χ3v) is 6.30. The first-order chi connectivity index (χ1) is 15.0. The molecule has 2 amide bonds. The van der Waals surface area contributed by atoms with Gasteiger partial charge in [-0.1, -0.05) is 48.0 Å². The molecule has 3 aliphatic heterocycles. The van der Waals surface area contributed by atoms with Crippen molar-refractivity contribution < 1.29 is 14.4 Å². The van der Waals surface area contributed by atoms with Crippen molar-refractivity contribution in [1.29, 1.82) is 5.26 Å². The number of anilines is 1. The second-order valence-electron chi connectivity index (χ2n) is 8.06. The van der Waals surface area contributed by atoms with Crippen molar-refractivity contribution in [2.45, 2.75) is 19.0 Å². The van der Waals surface area contributed by atoms with Crippen LogP contribution in [0.15, 0.2) is 78.5 Å². The molecule has 4 atom stereocenters. The molecule has 0 N–H and O–H groups in total. The van der Waals surface area contributed by atoms with Gasteiger partial charge in [0.1, 0.15) is 6.04 Å². The molecule has 0 radical (unpaired) electrons. The van der Waals surface area contributed by atoms with Gasteiger partial charge in [0.25, 0.3) is 0 Å². The van der Waals surface area contributed by atoms with E-state index in [1.807, 2.05) is 25.1 Å². The number of fused-ring (bicyclic) bond motifs is 3. The molecule has 2 fully saturated rings. The third kappa shape index (κ3) is 2.82. The van der Waals surface area contributed by atoms with Crippen molar-refractivity contribution in [3.8, 4) is 6.07 Å². The highest BCUT2D eigenvalue weighted by Gasteiger charge is 2.63. The highest BCUT2D eigenvalue weighted by molar-refractivity contribution is 6.24. The summed E-state index contributed by atoms with van der Waals surface area (Å²) in [5, 5.41) is 9.36. The molecule has 3 aliphatic rings. The average molecular weight is 409 g/mol. The Morgan fingerprint density at radius 3 is 2.32 bits per heavy atom. The van der Waals surface area contributed by atoms with Gasteiger partial charge in [-0.15, -0.1) is 0 Å². The first-order valence-electron chi connectivity index (χ1n) is 10.1. The molecule has 0 spiro atoms. The highest BCUT2D eigenvalue weighted by Crippen LogP contribution is 2.47. The van der Waals surface area contributed by atoms with E-state index in [-0.39, 0.29) is 17.6 Å². The standard InChI is InChI=1S/C25H19N3O3/c1-15-7-9-18(10-8-15)28-24(30)20-19-13-16(14-26)11-12-27(19)22(21(20)25(28)31)23(29)17-5-3-2-4-6-17/h2-13,19-22H,1H3/t19-,20-,21+,22-/m0/s1. The summed E-state index contributed by atoms with van der Waals surface area (Å²) in [7, 11) is 0. The maximum absolute atomic E-state index is 13.5. The summed E-state index contributed by atoms with van der Waals surface area (Å²) in [4.78, 5) is 43.5. The van der Waals surface area contributed by atoms with Crippen LogP contribution in [-0.4, -0.2) is 34.6 Å². The van der Waals surface area contributed by atoms with E-state index in [0.29, 0.717) is 16.8 Å². The number of hydrogen-bond donors (Lipinski definition) is 0. The van der Waals surface area contributed by atoms with Crippen LogP contribution in [0.25, 0.3) is 0 Å². The number of nitrogens with zero attached hydrogens (tertiary/aromatic N) is 3. The number of allylic oxidation sites excluding steroid dienone is 2. The van der Waals surface area contributed by atoms with Gasteiger partial charge in [-0.3, -0.25) is 14.4 Å². The van der Waals surface area contributed by atoms with E-state index in [0.717, 1.165) is 5.56 Å². The molecule has 2 saturated heterocycles. The maximum atomic E-state index is 13.5. The normalized spacial score (nSPS) is 26.4. The van der Waals surface area contributed by atoms with Crippen LogP contribution in [0.3, 0.4) is 0 Å². The number of amides is 2. The van der Waals surface area contributed by atoms with Gasteiger partial charge >= 0.3 is 0 Å². The van der Waals surface area contributed by atoms with Crippen molar-refractivity contribution in [2.75, 3.05) is 4.90 Å². The summed E-state index contributed by atoms with van der Waals surface area (Å²) in [6, 6.07) is 16.8. The van der Waals surface area contributed by atoms with Gasteiger partial charge in [0.15, 0.2) is 5.78 Å². The number of hydrogen-bond acceptors (Lipinski definition) is 5. The van der Waals surface area contributed by atoms with E-state index >= 15 is 0 Å². The van der Waals surface area contributed by atoms with Crippen LogP contribution in [0.5, 0.6) is 0 Å². The molecule has 152 valence electrons. The lowest BCUT2D eigenvalue weighted by Crippen LogP contribution is -2.46. The van der Waals surface area contributed by atoms with Crippen LogP contribution in [0.1, 0.15) is 15.9 Å². The number of benzene rings is 2. The van der Waals surface area contributed by atoms with E-state index in [9.17, 15) is 19.6 Å². The number of rotatable bonds is 3. The van der Waals surface area contributed by atoms with E-state index in [2.05, 4.69) is 6.07 Å². The number of carbonyl (C=O) groups is 3. The predicted molar refractivity (Wildman–Crippen MR) is 114 cm³/mol. The van der Waals surface area contributed by atoms with Gasteiger partial charge in [0, 0.05) is 11.8 Å². The van der Waals surface area contributed by atoms with E-state index in [1.165, 1.54) is 4.90 Å². The Labute approximate surface area is 179 Å². The molecule has 3 heterocycles. The Kier molecular flexibility index (Phi) is 4.33. The zero-order valence-corrected chi connectivity index (χ0v) is 16.8. The lowest BCUT2D eigenvalue weighted by molar-refractivity contribution is -0.123. The molecular formula is C25H19N3O3. The number of ketones is 1. The maximum Gasteiger partial charge on any atom is 0.240 e. The average Bonchev–Trinajstić information content (AvgIpc) is 3.26. The Morgan fingerprint density at radius 1 is 0.968 bits per heavy atom. The minimum Gasteiger partial charge on any atom is -0.359 e. The predicted octanol–water partition coefficient (Wildman–Crippen LogP) is 3.01. The zero-order valence-electron chi connectivity index (χ0n) is 16.8. The first-order valence-corrected chi connectivity index (χ1v) is 10.1. The van der Waals surface area contributed by atoms with Gasteiger partial charge in [-0.25, -0.2) is 4.90 Å². The van der Waals surface area contributed by atoms with Crippen molar-refractivity contribution >= 4 is 23.3 Å². The number of Topliss-reactive ketones (excluding diaryl/α,β-unsaturated/α-hetero) is 1. The minimum absolute atomic E-state index is 0.205. The molecule has 5 rings (SSSR count). The molecule has 0 aliphatic carbocycles. The fourth-order valence-electron chi connectivity index (χ4n) is 4.84. The number of nitriles is 1. The zero-order chi connectivity index (χ0) is 21.7. The molecule has 0 aromatic heterocycles. The first kappa shape index (κ1) is 19.0. The number of aryl methyl sites for hydroxylation is 1. The van der Waals surface area contributed by atoms with Crippen molar-refractivity contribution in [3.63, 3.8) is 0 Å². The summed E-state index contributed by atoms with van der Waals surface area (Å²) >= 11 is 0. The molecule has 2 aromatic rings.